The number of rotatable bonds is 2. The van der Waals surface area contributed by atoms with Crippen LogP contribution in [0.3, 0.4) is 0 Å². The molecule has 0 fully saturated rings. The Bertz CT molecular complexity index is 1150. The van der Waals surface area contributed by atoms with Gasteiger partial charge in [-0.1, -0.05) is 18.2 Å². The lowest BCUT2D eigenvalue weighted by molar-refractivity contribution is 0.862. The van der Waals surface area contributed by atoms with Crippen molar-refractivity contribution in [1.82, 2.24) is 19.7 Å². The van der Waals surface area contributed by atoms with Crippen molar-refractivity contribution in [3.8, 4) is 23.0 Å². The van der Waals surface area contributed by atoms with Crippen molar-refractivity contribution < 1.29 is 0 Å². The summed E-state index contributed by atoms with van der Waals surface area (Å²) in [6, 6.07) is 8.39. The predicted octanol–water partition coefficient (Wildman–Crippen LogP) is 3.61. The van der Waals surface area contributed by atoms with Gasteiger partial charge in [0.05, 0.1) is 11.6 Å². The summed E-state index contributed by atoms with van der Waals surface area (Å²) in [4.78, 5) is 9.61. The second-order valence-electron chi connectivity index (χ2n) is 5.79. The Morgan fingerprint density at radius 2 is 2.04 bits per heavy atom. The topological polar surface area (TPSA) is 93.4 Å². The fraction of sp³-hybridized carbons (Fsp3) is 0.111. The number of nitriles is 1. The molecule has 0 aliphatic heterocycles. The van der Waals surface area contributed by atoms with E-state index >= 15 is 0 Å². The van der Waals surface area contributed by atoms with Crippen LogP contribution < -0.4 is 5.73 Å². The number of nitrogens with two attached hydrogens (primary N) is 1. The van der Waals surface area contributed by atoms with Crippen LogP contribution in [0.15, 0.2) is 36.1 Å². The summed E-state index contributed by atoms with van der Waals surface area (Å²) in [5.74, 6) is 0.859. The zero-order valence-corrected chi connectivity index (χ0v) is 14.5. The van der Waals surface area contributed by atoms with Gasteiger partial charge in [-0.2, -0.15) is 15.0 Å². The molecule has 25 heavy (non-hydrogen) atoms. The van der Waals surface area contributed by atoms with Crippen LogP contribution in [-0.4, -0.2) is 19.7 Å². The number of nitrogen functional groups attached to an aromatic ring is 1. The average molecular weight is 346 g/mol. The van der Waals surface area contributed by atoms with Gasteiger partial charge in [0.15, 0.2) is 5.82 Å². The number of benzene rings is 1. The maximum Gasteiger partial charge on any atom is 0.168 e. The van der Waals surface area contributed by atoms with Crippen LogP contribution in [0.1, 0.15) is 16.7 Å². The van der Waals surface area contributed by atoms with Gasteiger partial charge in [0, 0.05) is 10.9 Å². The fourth-order valence-corrected chi connectivity index (χ4v) is 3.66. The van der Waals surface area contributed by atoms with E-state index in [9.17, 15) is 0 Å². The number of fused-ring (bicyclic) bond motifs is 1. The first kappa shape index (κ1) is 15.3. The number of hydrogen-bond donors (Lipinski definition) is 1. The monoisotopic (exact) mass is 346 g/mol. The van der Waals surface area contributed by atoms with E-state index < -0.39 is 0 Å². The van der Waals surface area contributed by atoms with Crippen molar-refractivity contribution in [2.24, 2.45) is 0 Å². The molecule has 2 N–H and O–H groups in total. The van der Waals surface area contributed by atoms with Gasteiger partial charge in [-0.15, -0.1) is 11.3 Å². The number of thiophene rings is 1. The van der Waals surface area contributed by atoms with Gasteiger partial charge >= 0.3 is 0 Å². The molecule has 0 atom stereocenters. The quantitative estimate of drug-likeness (QED) is 0.598. The van der Waals surface area contributed by atoms with E-state index in [1.807, 2.05) is 6.07 Å². The Kier molecular flexibility index (Phi) is 3.48. The molecule has 3 heterocycles. The number of anilines is 1. The molecule has 0 saturated carbocycles. The van der Waals surface area contributed by atoms with Gasteiger partial charge in [-0.25, -0.2) is 9.97 Å². The highest BCUT2D eigenvalue weighted by Crippen LogP contribution is 2.36. The first-order valence-electron chi connectivity index (χ1n) is 7.64. The van der Waals surface area contributed by atoms with Crippen LogP contribution in [0.4, 0.5) is 5.82 Å². The lowest BCUT2D eigenvalue weighted by Gasteiger charge is -2.08. The summed E-state index contributed by atoms with van der Waals surface area (Å²) < 4.78 is 1.50. The highest BCUT2D eigenvalue weighted by atomic mass is 32.1. The highest BCUT2D eigenvalue weighted by molar-refractivity contribution is 7.17. The SMILES string of the molecule is Cc1ccc(-c2csc3ncnc(-n4ncc(C#N)c4N)c23)cc1C. The summed E-state index contributed by atoms with van der Waals surface area (Å²) in [5.41, 5.74) is 11.0. The highest BCUT2D eigenvalue weighted by Gasteiger charge is 2.18. The molecule has 4 rings (SSSR count). The molecule has 6 nitrogen and oxygen atoms in total. The Labute approximate surface area is 148 Å². The third-order valence-corrected chi connectivity index (χ3v) is 5.18. The van der Waals surface area contributed by atoms with Crippen LogP contribution in [0.5, 0.6) is 0 Å². The van der Waals surface area contributed by atoms with Crippen LogP contribution >= 0.6 is 11.3 Å². The Balaban J connectivity index is 2.01. The van der Waals surface area contributed by atoms with Gasteiger partial charge < -0.3 is 5.73 Å². The minimum atomic E-state index is 0.278. The third kappa shape index (κ3) is 2.35. The molecule has 122 valence electrons. The maximum absolute atomic E-state index is 9.13. The summed E-state index contributed by atoms with van der Waals surface area (Å²) in [6.07, 6.45) is 2.94. The molecule has 0 amide bonds. The number of nitrogens with zero attached hydrogens (tertiary/aromatic N) is 5. The van der Waals surface area contributed by atoms with Crippen molar-refractivity contribution in [2.75, 3.05) is 5.73 Å². The molecular weight excluding hydrogens is 332 g/mol. The molecule has 0 aliphatic rings. The Morgan fingerprint density at radius 3 is 2.76 bits per heavy atom. The Morgan fingerprint density at radius 1 is 1.20 bits per heavy atom. The fourth-order valence-electron chi connectivity index (χ4n) is 2.75. The Hall–Kier alpha value is -3.24. The van der Waals surface area contributed by atoms with E-state index in [0.717, 1.165) is 21.3 Å². The minimum Gasteiger partial charge on any atom is -0.382 e. The molecule has 7 heteroatoms. The third-order valence-electron chi connectivity index (χ3n) is 4.30. The van der Waals surface area contributed by atoms with Crippen molar-refractivity contribution >= 4 is 27.4 Å². The van der Waals surface area contributed by atoms with Crippen LogP contribution in [0.25, 0.3) is 27.2 Å². The van der Waals surface area contributed by atoms with Crippen LogP contribution in [-0.2, 0) is 0 Å². The van der Waals surface area contributed by atoms with Crippen molar-refractivity contribution in [3.63, 3.8) is 0 Å². The number of aromatic nitrogens is 4. The van der Waals surface area contributed by atoms with Crippen molar-refractivity contribution in [3.05, 3.63) is 52.8 Å². The van der Waals surface area contributed by atoms with Crippen molar-refractivity contribution in [1.29, 1.82) is 5.26 Å². The zero-order valence-electron chi connectivity index (χ0n) is 13.7. The first-order chi connectivity index (χ1) is 12.1. The number of hydrogen-bond acceptors (Lipinski definition) is 6. The summed E-state index contributed by atoms with van der Waals surface area (Å²) in [6.45, 7) is 4.18. The second kappa shape index (κ2) is 5.69. The maximum atomic E-state index is 9.13. The smallest absolute Gasteiger partial charge is 0.168 e. The molecule has 0 bridgehead atoms. The lowest BCUT2D eigenvalue weighted by atomic mass is 10.0. The summed E-state index contributed by atoms with van der Waals surface area (Å²) in [5, 5.41) is 16.3. The molecular formula is C18H14N6S. The molecule has 1 aromatic carbocycles. The van der Waals surface area contributed by atoms with E-state index in [1.54, 1.807) is 11.3 Å². The summed E-state index contributed by atoms with van der Waals surface area (Å²) >= 11 is 1.55. The largest absolute Gasteiger partial charge is 0.382 e. The average Bonchev–Trinajstić information content (AvgIpc) is 3.20. The predicted molar refractivity (Wildman–Crippen MR) is 98.6 cm³/mol. The van der Waals surface area contributed by atoms with E-state index in [4.69, 9.17) is 11.0 Å². The zero-order chi connectivity index (χ0) is 17.6. The van der Waals surface area contributed by atoms with Gasteiger partial charge in [-0.05, 0) is 30.5 Å². The van der Waals surface area contributed by atoms with Gasteiger partial charge in [0.2, 0.25) is 0 Å². The molecule has 0 spiro atoms. The van der Waals surface area contributed by atoms with Crippen LogP contribution in [0, 0.1) is 25.2 Å². The first-order valence-corrected chi connectivity index (χ1v) is 8.52. The van der Waals surface area contributed by atoms with Gasteiger partial charge in [0.1, 0.15) is 28.6 Å². The molecule has 0 radical (unpaired) electrons. The molecule has 0 unspecified atom stereocenters. The normalized spacial score (nSPS) is 10.9. The van der Waals surface area contributed by atoms with Gasteiger partial charge in [0.25, 0.3) is 0 Å². The molecule has 0 saturated heterocycles. The molecule has 0 aliphatic carbocycles. The molecule has 4 aromatic rings. The van der Waals surface area contributed by atoms with Gasteiger partial charge in [-0.3, -0.25) is 0 Å². The van der Waals surface area contributed by atoms with E-state index in [0.29, 0.717) is 11.4 Å². The standard InChI is InChI=1S/C18H14N6S/c1-10-3-4-12(5-11(10)2)14-8-25-18-15(14)17(21-9-22-18)24-16(20)13(6-19)7-23-24/h3-5,7-9H,20H2,1-2H3. The van der Waals surface area contributed by atoms with E-state index in [-0.39, 0.29) is 5.82 Å². The second-order valence-corrected chi connectivity index (χ2v) is 6.65. The summed E-state index contributed by atoms with van der Waals surface area (Å²) in [7, 11) is 0. The van der Waals surface area contributed by atoms with E-state index in [2.05, 4.69) is 52.5 Å². The van der Waals surface area contributed by atoms with Crippen molar-refractivity contribution in [2.45, 2.75) is 13.8 Å². The van der Waals surface area contributed by atoms with E-state index in [1.165, 1.54) is 28.3 Å². The lowest BCUT2D eigenvalue weighted by Crippen LogP contribution is -2.05. The molecule has 3 aromatic heterocycles. The minimum absolute atomic E-state index is 0.278. The number of aryl methyl sites for hydroxylation is 2. The van der Waals surface area contributed by atoms with Crippen LogP contribution in [0.2, 0.25) is 0 Å².